The smallest absolute Gasteiger partial charge is 0.143 e. The van der Waals surface area contributed by atoms with Crippen LogP contribution in [0.3, 0.4) is 0 Å². The van der Waals surface area contributed by atoms with Crippen LogP contribution < -0.4 is 15.4 Å². The maximum Gasteiger partial charge on any atom is 0.143 e. The predicted octanol–water partition coefficient (Wildman–Crippen LogP) is 3.04. The van der Waals surface area contributed by atoms with Crippen LogP contribution in [0, 0.1) is 6.92 Å². The first-order valence-corrected chi connectivity index (χ1v) is 7.23. The second-order valence-corrected chi connectivity index (χ2v) is 5.81. The number of nitrogens with zero attached hydrogens (tertiary/aromatic N) is 1. The second kappa shape index (κ2) is 5.37. The Labute approximate surface area is 120 Å². The van der Waals surface area contributed by atoms with Crippen LogP contribution in [-0.4, -0.2) is 23.7 Å². The van der Waals surface area contributed by atoms with Crippen molar-refractivity contribution in [2.45, 2.75) is 39.2 Å². The highest BCUT2D eigenvalue weighted by Crippen LogP contribution is 2.39. The lowest BCUT2D eigenvalue weighted by Crippen LogP contribution is -2.52. The summed E-state index contributed by atoms with van der Waals surface area (Å²) < 4.78 is 6.26. The molecule has 0 amide bonds. The van der Waals surface area contributed by atoms with Crippen molar-refractivity contribution in [3.05, 3.63) is 23.8 Å². The summed E-state index contributed by atoms with van der Waals surface area (Å²) in [5.74, 6) is 0.941. The predicted molar refractivity (Wildman–Crippen MR) is 84.1 cm³/mol. The average Bonchev–Trinajstić information content (AvgIpc) is 2.38. The number of ether oxygens (including phenoxy) is 1. The van der Waals surface area contributed by atoms with Crippen molar-refractivity contribution >= 4 is 22.9 Å². The molecular formula is C15H22N2OS. The van der Waals surface area contributed by atoms with Crippen LogP contribution in [0.25, 0.3) is 0 Å². The number of thiocarbonyl (C=S) groups is 1. The standard InChI is InChI=1S/C15H22N2OS/c1-4-15(5-2)10-17(9-14(16)19)12-8-11(3)6-7-13(12)18-15/h6-8H,4-5,9-10H2,1-3H3,(H2,16,19). The van der Waals surface area contributed by atoms with Crippen molar-refractivity contribution in [1.29, 1.82) is 0 Å². The van der Waals surface area contributed by atoms with Gasteiger partial charge in [0.05, 0.1) is 23.8 Å². The number of anilines is 1. The fourth-order valence-corrected chi connectivity index (χ4v) is 2.76. The van der Waals surface area contributed by atoms with E-state index in [2.05, 4.69) is 43.9 Å². The van der Waals surface area contributed by atoms with Gasteiger partial charge < -0.3 is 15.4 Å². The maximum absolute atomic E-state index is 6.26. The first kappa shape index (κ1) is 14.1. The monoisotopic (exact) mass is 278 g/mol. The zero-order valence-electron chi connectivity index (χ0n) is 11.9. The minimum atomic E-state index is -0.132. The van der Waals surface area contributed by atoms with Crippen LogP contribution in [0.4, 0.5) is 5.69 Å². The number of fused-ring (bicyclic) bond motifs is 1. The molecule has 1 heterocycles. The Kier molecular flexibility index (Phi) is 3.99. The summed E-state index contributed by atoms with van der Waals surface area (Å²) in [7, 11) is 0. The first-order chi connectivity index (χ1) is 8.99. The molecule has 1 aliphatic heterocycles. The van der Waals surface area contributed by atoms with E-state index in [0.29, 0.717) is 11.5 Å². The topological polar surface area (TPSA) is 38.5 Å². The summed E-state index contributed by atoms with van der Waals surface area (Å²) in [5.41, 5.74) is 7.93. The molecule has 0 atom stereocenters. The van der Waals surface area contributed by atoms with E-state index >= 15 is 0 Å². The molecule has 0 saturated heterocycles. The Hall–Kier alpha value is -1.29. The molecule has 104 valence electrons. The molecule has 3 nitrogen and oxygen atoms in total. The lowest BCUT2D eigenvalue weighted by Gasteiger charge is -2.44. The largest absolute Gasteiger partial charge is 0.483 e. The van der Waals surface area contributed by atoms with Crippen LogP contribution in [0.2, 0.25) is 0 Å². The van der Waals surface area contributed by atoms with E-state index in [9.17, 15) is 0 Å². The number of rotatable bonds is 4. The van der Waals surface area contributed by atoms with Crippen LogP contribution in [0.1, 0.15) is 32.3 Å². The fraction of sp³-hybridized carbons (Fsp3) is 0.533. The number of benzene rings is 1. The van der Waals surface area contributed by atoms with Gasteiger partial charge in [-0.25, -0.2) is 0 Å². The van der Waals surface area contributed by atoms with Crippen molar-refractivity contribution in [2.75, 3.05) is 18.0 Å². The second-order valence-electron chi connectivity index (χ2n) is 5.29. The minimum absolute atomic E-state index is 0.132. The third kappa shape index (κ3) is 2.84. The summed E-state index contributed by atoms with van der Waals surface area (Å²) in [6.07, 6.45) is 1.95. The molecule has 2 N–H and O–H groups in total. The van der Waals surface area contributed by atoms with Gasteiger partial charge in [-0.1, -0.05) is 32.1 Å². The number of nitrogens with two attached hydrogens (primary N) is 1. The van der Waals surface area contributed by atoms with Gasteiger partial charge >= 0.3 is 0 Å². The van der Waals surface area contributed by atoms with Crippen LogP contribution in [0.15, 0.2) is 18.2 Å². The molecule has 0 aliphatic carbocycles. The highest BCUT2D eigenvalue weighted by molar-refractivity contribution is 7.80. The molecule has 0 spiro atoms. The molecule has 1 aliphatic rings. The molecule has 0 radical (unpaired) electrons. The third-order valence-electron chi connectivity index (χ3n) is 3.90. The zero-order chi connectivity index (χ0) is 14.0. The lowest BCUT2D eigenvalue weighted by molar-refractivity contribution is 0.0584. The molecule has 4 heteroatoms. The van der Waals surface area contributed by atoms with Gasteiger partial charge in [-0.2, -0.15) is 0 Å². The van der Waals surface area contributed by atoms with Gasteiger partial charge in [-0.15, -0.1) is 0 Å². The van der Waals surface area contributed by atoms with Crippen molar-refractivity contribution < 1.29 is 4.74 Å². The van der Waals surface area contributed by atoms with E-state index in [4.69, 9.17) is 22.7 Å². The Morgan fingerprint density at radius 3 is 2.68 bits per heavy atom. The molecular weight excluding hydrogens is 256 g/mol. The molecule has 0 fully saturated rings. The Balaban J connectivity index is 2.42. The van der Waals surface area contributed by atoms with E-state index in [1.165, 1.54) is 5.56 Å². The van der Waals surface area contributed by atoms with Crippen LogP contribution in [0.5, 0.6) is 5.75 Å². The summed E-state index contributed by atoms with van der Waals surface area (Å²) >= 11 is 5.08. The Morgan fingerprint density at radius 1 is 1.42 bits per heavy atom. The Morgan fingerprint density at radius 2 is 2.11 bits per heavy atom. The molecule has 2 rings (SSSR count). The molecule has 0 saturated carbocycles. The van der Waals surface area contributed by atoms with Gasteiger partial charge in [0.1, 0.15) is 11.4 Å². The van der Waals surface area contributed by atoms with Crippen LogP contribution >= 0.6 is 12.2 Å². The normalized spacial score (nSPS) is 16.7. The van der Waals surface area contributed by atoms with Crippen molar-refractivity contribution in [3.8, 4) is 5.75 Å². The molecule has 0 unspecified atom stereocenters. The van der Waals surface area contributed by atoms with Gasteiger partial charge in [0.2, 0.25) is 0 Å². The molecule has 1 aromatic rings. The zero-order valence-corrected chi connectivity index (χ0v) is 12.7. The summed E-state index contributed by atoms with van der Waals surface area (Å²) in [4.78, 5) is 2.77. The minimum Gasteiger partial charge on any atom is -0.483 e. The third-order valence-corrected chi connectivity index (χ3v) is 4.03. The van der Waals surface area contributed by atoms with Gasteiger partial charge in [0.25, 0.3) is 0 Å². The van der Waals surface area contributed by atoms with E-state index in [0.717, 1.165) is 30.8 Å². The van der Waals surface area contributed by atoms with Gasteiger partial charge in [-0.05, 0) is 37.5 Å². The molecule has 19 heavy (non-hydrogen) atoms. The van der Waals surface area contributed by atoms with E-state index in [1.54, 1.807) is 0 Å². The van der Waals surface area contributed by atoms with Gasteiger partial charge in [-0.3, -0.25) is 0 Å². The van der Waals surface area contributed by atoms with E-state index in [1.807, 2.05) is 0 Å². The van der Waals surface area contributed by atoms with Crippen molar-refractivity contribution in [2.24, 2.45) is 5.73 Å². The van der Waals surface area contributed by atoms with Crippen LogP contribution in [-0.2, 0) is 0 Å². The average molecular weight is 278 g/mol. The maximum atomic E-state index is 6.26. The summed E-state index contributed by atoms with van der Waals surface area (Å²) in [5, 5.41) is 0. The number of hydrogen-bond acceptors (Lipinski definition) is 3. The van der Waals surface area contributed by atoms with E-state index < -0.39 is 0 Å². The van der Waals surface area contributed by atoms with Crippen molar-refractivity contribution in [3.63, 3.8) is 0 Å². The quantitative estimate of drug-likeness (QED) is 0.859. The van der Waals surface area contributed by atoms with Gasteiger partial charge in [0, 0.05) is 0 Å². The van der Waals surface area contributed by atoms with Crippen molar-refractivity contribution in [1.82, 2.24) is 0 Å². The molecule has 0 aromatic heterocycles. The van der Waals surface area contributed by atoms with E-state index in [-0.39, 0.29) is 5.60 Å². The van der Waals surface area contributed by atoms with Gasteiger partial charge in [0.15, 0.2) is 0 Å². The SMILES string of the molecule is CCC1(CC)CN(CC(N)=S)c2cc(C)ccc2O1. The summed E-state index contributed by atoms with van der Waals surface area (Å²) in [6, 6.07) is 6.28. The Bertz CT molecular complexity index is 483. The fourth-order valence-electron chi connectivity index (χ4n) is 2.61. The molecule has 1 aromatic carbocycles. The molecule has 0 bridgehead atoms. The summed E-state index contributed by atoms with van der Waals surface area (Å²) in [6.45, 7) is 7.87. The lowest BCUT2D eigenvalue weighted by atomic mass is 9.93. The first-order valence-electron chi connectivity index (χ1n) is 6.82. The highest BCUT2D eigenvalue weighted by Gasteiger charge is 2.37. The number of hydrogen-bond donors (Lipinski definition) is 1. The highest BCUT2D eigenvalue weighted by atomic mass is 32.1. The number of aryl methyl sites for hydroxylation is 1.